The normalized spacial score (nSPS) is 17.3. The van der Waals surface area contributed by atoms with Crippen LogP contribution in [-0.4, -0.2) is 38.4 Å². The molecule has 1 N–H and O–H groups in total. The molecule has 0 radical (unpaired) electrons. The van der Waals surface area contributed by atoms with E-state index in [9.17, 15) is 4.79 Å². The number of nitrogens with one attached hydrogen (secondary N) is 1. The third-order valence-corrected chi connectivity index (χ3v) is 4.10. The van der Waals surface area contributed by atoms with E-state index in [-0.39, 0.29) is 24.3 Å². The van der Waals surface area contributed by atoms with Gasteiger partial charge in [-0.1, -0.05) is 16.9 Å². The number of ether oxygens (including phenoxy) is 1. The van der Waals surface area contributed by atoms with Crippen LogP contribution in [0.4, 0.5) is 0 Å². The molecule has 0 bridgehead atoms. The van der Waals surface area contributed by atoms with Gasteiger partial charge in [0.1, 0.15) is 6.10 Å². The molecular weight excluding hydrogens is 318 g/mol. The summed E-state index contributed by atoms with van der Waals surface area (Å²) in [4.78, 5) is 24.4. The van der Waals surface area contributed by atoms with Crippen LogP contribution in [0.25, 0.3) is 0 Å². The fourth-order valence-electron chi connectivity index (χ4n) is 2.10. The molecule has 8 nitrogen and oxygen atoms in total. The van der Waals surface area contributed by atoms with Crippen molar-refractivity contribution in [2.75, 3.05) is 12.4 Å². The molecule has 2 aromatic rings. The highest BCUT2D eigenvalue weighted by Crippen LogP contribution is 2.26. The summed E-state index contributed by atoms with van der Waals surface area (Å²) in [6.07, 6.45) is 3.45. The minimum absolute atomic E-state index is 0.110. The van der Waals surface area contributed by atoms with E-state index in [0.29, 0.717) is 16.9 Å². The first-order valence-electron chi connectivity index (χ1n) is 7.34. The molecule has 122 valence electrons. The lowest BCUT2D eigenvalue weighted by Gasteiger charge is -2.02. The Morgan fingerprint density at radius 2 is 2.39 bits per heavy atom. The highest BCUT2D eigenvalue weighted by Gasteiger charge is 2.23. The zero-order valence-electron chi connectivity index (χ0n) is 12.7. The molecular formula is C14H17N5O3S. The molecule has 0 aliphatic carbocycles. The molecule has 9 heteroatoms. The van der Waals surface area contributed by atoms with Crippen molar-refractivity contribution in [1.82, 2.24) is 25.4 Å². The molecule has 1 atom stereocenters. The Labute approximate surface area is 137 Å². The quantitative estimate of drug-likeness (QED) is 0.624. The minimum Gasteiger partial charge on any atom is -0.368 e. The zero-order valence-corrected chi connectivity index (χ0v) is 13.5. The Balaban J connectivity index is 1.43. The Hall–Kier alpha value is -2.00. The molecule has 0 aromatic carbocycles. The number of nitrogens with zero attached hydrogens (tertiary/aromatic N) is 4. The maximum atomic E-state index is 11.8. The molecule has 1 amide bonds. The van der Waals surface area contributed by atoms with Crippen molar-refractivity contribution in [3.05, 3.63) is 29.7 Å². The molecule has 0 spiro atoms. The first-order valence-corrected chi connectivity index (χ1v) is 8.32. The Bertz CT molecular complexity index is 672. The summed E-state index contributed by atoms with van der Waals surface area (Å²) in [5, 5.41) is 7.18. The number of aryl methyl sites for hydroxylation is 1. The third-order valence-electron chi connectivity index (χ3n) is 3.24. The number of hydrogen-bond acceptors (Lipinski definition) is 8. The van der Waals surface area contributed by atoms with E-state index in [1.54, 1.807) is 6.20 Å². The molecule has 2 aromatic heterocycles. The minimum atomic E-state index is -0.136. The summed E-state index contributed by atoms with van der Waals surface area (Å²) in [5.74, 6) is 1.03. The lowest BCUT2D eigenvalue weighted by atomic mass is 10.2. The Kier molecular flexibility index (Phi) is 5.19. The second-order valence-electron chi connectivity index (χ2n) is 5.10. The van der Waals surface area contributed by atoms with E-state index in [1.807, 2.05) is 13.0 Å². The van der Waals surface area contributed by atoms with Crippen LogP contribution in [-0.2, 0) is 16.1 Å². The van der Waals surface area contributed by atoms with Gasteiger partial charge in [0, 0.05) is 18.5 Å². The van der Waals surface area contributed by atoms with Gasteiger partial charge in [-0.05, 0) is 25.8 Å². The zero-order chi connectivity index (χ0) is 16.1. The van der Waals surface area contributed by atoms with Gasteiger partial charge in [-0.2, -0.15) is 4.98 Å². The smallest absolute Gasteiger partial charge is 0.255 e. The van der Waals surface area contributed by atoms with Crippen LogP contribution in [0.1, 0.15) is 36.4 Å². The fraction of sp³-hybridized carbons (Fsp3) is 0.500. The molecule has 1 aliphatic heterocycles. The maximum Gasteiger partial charge on any atom is 0.255 e. The Morgan fingerprint density at radius 1 is 1.48 bits per heavy atom. The van der Waals surface area contributed by atoms with Gasteiger partial charge in [0.25, 0.3) is 5.89 Å². The topological polar surface area (TPSA) is 103 Å². The molecule has 0 saturated carbocycles. The third kappa shape index (κ3) is 4.49. The molecule has 1 saturated heterocycles. The van der Waals surface area contributed by atoms with Gasteiger partial charge >= 0.3 is 0 Å². The summed E-state index contributed by atoms with van der Waals surface area (Å²) in [5.41, 5.74) is 0.872. The monoisotopic (exact) mass is 335 g/mol. The van der Waals surface area contributed by atoms with Crippen molar-refractivity contribution in [2.24, 2.45) is 0 Å². The van der Waals surface area contributed by atoms with E-state index in [2.05, 4.69) is 25.4 Å². The molecule has 3 heterocycles. The number of carbonyl (C=O) groups is 1. The maximum absolute atomic E-state index is 11.8. The average Bonchev–Trinajstić information content (AvgIpc) is 3.22. The van der Waals surface area contributed by atoms with Crippen LogP contribution in [0.3, 0.4) is 0 Å². The van der Waals surface area contributed by atoms with Gasteiger partial charge in [0.2, 0.25) is 5.91 Å². The van der Waals surface area contributed by atoms with Crippen molar-refractivity contribution in [2.45, 2.75) is 37.6 Å². The number of thioether (sulfide) groups is 1. The van der Waals surface area contributed by atoms with Crippen LogP contribution in [0.5, 0.6) is 0 Å². The van der Waals surface area contributed by atoms with Crippen molar-refractivity contribution in [3.63, 3.8) is 0 Å². The summed E-state index contributed by atoms with van der Waals surface area (Å²) in [7, 11) is 0. The standard InChI is InChI=1S/C14H17N5O3S/c1-9-4-5-15-14(17-9)23-8-12(20)16-7-11-18-13(22-19-11)10-3-2-6-21-10/h4-5,10H,2-3,6-8H2,1H3,(H,16,20). The molecule has 3 rings (SSSR count). The van der Waals surface area contributed by atoms with Gasteiger partial charge < -0.3 is 14.6 Å². The number of carbonyl (C=O) groups excluding carboxylic acids is 1. The van der Waals surface area contributed by atoms with E-state index < -0.39 is 0 Å². The first kappa shape index (κ1) is 15.9. The van der Waals surface area contributed by atoms with Gasteiger partial charge in [0.05, 0.1) is 12.3 Å². The van der Waals surface area contributed by atoms with Gasteiger partial charge in [-0.15, -0.1) is 0 Å². The highest BCUT2D eigenvalue weighted by molar-refractivity contribution is 7.99. The number of amides is 1. The molecule has 23 heavy (non-hydrogen) atoms. The van der Waals surface area contributed by atoms with E-state index in [4.69, 9.17) is 9.26 Å². The van der Waals surface area contributed by atoms with E-state index in [0.717, 1.165) is 25.1 Å². The summed E-state index contributed by atoms with van der Waals surface area (Å²) in [6, 6.07) is 1.81. The second-order valence-corrected chi connectivity index (χ2v) is 6.04. The lowest BCUT2D eigenvalue weighted by Crippen LogP contribution is -2.25. The summed E-state index contributed by atoms with van der Waals surface area (Å²) in [6.45, 7) is 2.83. The van der Waals surface area contributed by atoms with Crippen molar-refractivity contribution in [3.8, 4) is 0 Å². The number of hydrogen-bond donors (Lipinski definition) is 1. The average molecular weight is 335 g/mol. The Morgan fingerprint density at radius 3 is 3.17 bits per heavy atom. The van der Waals surface area contributed by atoms with Crippen LogP contribution in [0.15, 0.2) is 21.9 Å². The predicted molar refractivity (Wildman–Crippen MR) is 81.6 cm³/mol. The van der Waals surface area contributed by atoms with E-state index in [1.165, 1.54) is 11.8 Å². The molecule has 1 fully saturated rings. The van der Waals surface area contributed by atoms with E-state index >= 15 is 0 Å². The predicted octanol–water partition coefficient (Wildman–Crippen LogP) is 1.43. The van der Waals surface area contributed by atoms with Crippen LogP contribution >= 0.6 is 11.8 Å². The molecule has 1 aliphatic rings. The van der Waals surface area contributed by atoms with Crippen LogP contribution in [0, 0.1) is 6.92 Å². The molecule has 1 unspecified atom stereocenters. The summed E-state index contributed by atoms with van der Waals surface area (Å²) < 4.78 is 10.6. The lowest BCUT2D eigenvalue weighted by molar-refractivity contribution is -0.118. The van der Waals surface area contributed by atoms with Crippen molar-refractivity contribution >= 4 is 17.7 Å². The summed E-state index contributed by atoms with van der Waals surface area (Å²) >= 11 is 1.28. The SMILES string of the molecule is Cc1ccnc(SCC(=O)NCc2noc(C3CCCO3)n2)n1. The largest absolute Gasteiger partial charge is 0.368 e. The fourth-order valence-corrected chi connectivity index (χ4v) is 2.80. The number of rotatable bonds is 6. The van der Waals surface area contributed by atoms with Gasteiger partial charge in [-0.25, -0.2) is 9.97 Å². The first-order chi connectivity index (χ1) is 11.2. The van der Waals surface area contributed by atoms with Gasteiger partial charge in [-0.3, -0.25) is 4.79 Å². The van der Waals surface area contributed by atoms with Crippen LogP contribution < -0.4 is 5.32 Å². The van der Waals surface area contributed by atoms with Gasteiger partial charge in [0.15, 0.2) is 11.0 Å². The van der Waals surface area contributed by atoms with Crippen molar-refractivity contribution < 1.29 is 14.1 Å². The number of aromatic nitrogens is 4. The van der Waals surface area contributed by atoms with Crippen LogP contribution in [0.2, 0.25) is 0 Å². The highest BCUT2D eigenvalue weighted by atomic mass is 32.2. The van der Waals surface area contributed by atoms with Crippen molar-refractivity contribution in [1.29, 1.82) is 0 Å². The second kappa shape index (κ2) is 7.51.